The topological polar surface area (TPSA) is 7.65 Å². The zero-order valence-electron chi connectivity index (χ0n) is 29.7. The van der Waals surface area contributed by atoms with Crippen LogP contribution in [0, 0.1) is 0 Å². The fourth-order valence-corrected chi connectivity index (χ4v) is 9.32. The molecule has 1 aliphatic rings. The van der Waals surface area contributed by atoms with E-state index in [1.54, 1.807) is 0 Å². The molecule has 0 spiro atoms. The van der Waals surface area contributed by atoms with Gasteiger partial charge in [-0.15, -0.1) is 0 Å². The van der Waals surface area contributed by atoms with Gasteiger partial charge in [0.05, 0.1) is 16.6 Å². The van der Waals surface area contributed by atoms with Gasteiger partial charge in [-0.3, -0.25) is 0 Å². The van der Waals surface area contributed by atoms with E-state index in [0.29, 0.717) is 0 Å². The molecule has 0 unspecified atom stereocenters. The molecule has 0 N–H and O–H groups in total. The van der Waals surface area contributed by atoms with Gasteiger partial charge in [-0.1, -0.05) is 147 Å². The van der Waals surface area contributed by atoms with Crippen molar-refractivity contribution in [2.24, 2.45) is 0 Å². The van der Waals surface area contributed by atoms with Crippen molar-refractivity contribution in [3.05, 3.63) is 193 Å². The molecule has 0 saturated carbocycles. The van der Waals surface area contributed by atoms with Crippen LogP contribution in [-0.4, -0.2) is 4.40 Å². The predicted molar refractivity (Wildman–Crippen MR) is 226 cm³/mol. The Morgan fingerprint density at radius 2 is 0.868 bits per heavy atom. The molecule has 250 valence electrons. The Kier molecular flexibility index (Phi) is 6.33. The minimum absolute atomic E-state index is 0.100. The molecule has 0 saturated heterocycles. The van der Waals surface area contributed by atoms with Crippen molar-refractivity contribution in [3.63, 3.8) is 0 Å². The molecule has 0 amide bonds. The van der Waals surface area contributed by atoms with E-state index in [1.165, 1.54) is 81.9 Å². The molecule has 2 aromatic heterocycles. The van der Waals surface area contributed by atoms with Crippen LogP contribution in [-0.2, 0) is 5.41 Å². The summed E-state index contributed by atoms with van der Waals surface area (Å²) >= 11 is 0. The molecule has 0 fully saturated rings. The summed E-state index contributed by atoms with van der Waals surface area (Å²) in [6.07, 6.45) is 0. The van der Waals surface area contributed by atoms with Gasteiger partial charge in [-0.2, -0.15) is 0 Å². The predicted octanol–water partition coefficient (Wildman–Crippen LogP) is 14.0. The Balaban J connectivity index is 1.28. The first-order valence-electron chi connectivity index (χ1n) is 18.5. The van der Waals surface area contributed by atoms with Crippen molar-refractivity contribution in [1.82, 2.24) is 4.40 Å². The molecule has 2 heteroatoms. The quantitative estimate of drug-likeness (QED) is 0.181. The molecule has 0 aliphatic heterocycles. The van der Waals surface area contributed by atoms with Crippen molar-refractivity contribution in [2.45, 2.75) is 19.3 Å². The Morgan fingerprint density at radius 1 is 0.358 bits per heavy atom. The fraction of sp³-hybridized carbons (Fsp3) is 0.0588. The van der Waals surface area contributed by atoms with Gasteiger partial charge in [0.25, 0.3) is 0 Å². The number of aromatic nitrogens is 1. The summed E-state index contributed by atoms with van der Waals surface area (Å²) in [5.41, 5.74) is 12.4. The van der Waals surface area contributed by atoms with Gasteiger partial charge in [0, 0.05) is 44.0 Å². The highest BCUT2D eigenvalue weighted by Crippen LogP contribution is 2.51. The maximum Gasteiger partial charge on any atom is 0.0619 e. The monoisotopic (exact) mass is 676 g/mol. The lowest BCUT2D eigenvalue weighted by Crippen LogP contribution is -2.16. The molecule has 8 aromatic carbocycles. The standard InChI is InChI=1S/C51H36N2/c1-51(2)46-24-11-8-19-39(46)40-30-28-35(32-47(40)51)52(33-15-4-3-5-16-33)34-27-29-38-36-17-6-7-18-37(36)43-22-14-23-44-41-20-9-12-25-48(41)53(50(43)44)49-26-13-10-21-42(49)45(38)31-34/h3-32H,1-2H3. The Morgan fingerprint density at radius 3 is 1.62 bits per heavy atom. The molecule has 11 rings (SSSR count). The fourth-order valence-electron chi connectivity index (χ4n) is 9.32. The van der Waals surface area contributed by atoms with Gasteiger partial charge in [0.1, 0.15) is 0 Å². The maximum absolute atomic E-state index is 2.50. The van der Waals surface area contributed by atoms with Gasteiger partial charge >= 0.3 is 0 Å². The first-order chi connectivity index (χ1) is 26.1. The summed E-state index contributed by atoms with van der Waals surface area (Å²) < 4.78 is 2.50. The highest BCUT2D eigenvalue weighted by Gasteiger charge is 2.35. The number of hydrogen-bond donors (Lipinski definition) is 0. The number of fused-ring (bicyclic) bond motifs is 13. The number of rotatable bonds is 3. The zero-order chi connectivity index (χ0) is 35.3. The molecule has 0 bridgehead atoms. The van der Waals surface area contributed by atoms with Crippen molar-refractivity contribution in [1.29, 1.82) is 0 Å². The Labute approximate surface area is 308 Å². The van der Waals surface area contributed by atoms with Crippen molar-refractivity contribution in [2.75, 3.05) is 4.90 Å². The van der Waals surface area contributed by atoms with Crippen LogP contribution in [0.5, 0.6) is 0 Å². The third-order valence-corrected chi connectivity index (χ3v) is 11.7. The van der Waals surface area contributed by atoms with Crippen LogP contribution in [0.25, 0.3) is 70.8 Å². The van der Waals surface area contributed by atoms with E-state index in [-0.39, 0.29) is 5.41 Å². The molecule has 10 aromatic rings. The lowest BCUT2D eigenvalue weighted by Gasteiger charge is -2.28. The van der Waals surface area contributed by atoms with Crippen molar-refractivity contribution in [3.8, 4) is 11.1 Å². The first-order valence-corrected chi connectivity index (χ1v) is 18.5. The molecular weight excluding hydrogens is 641 g/mol. The average Bonchev–Trinajstić information content (AvgIpc) is 3.68. The largest absolute Gasteiger partial charge is 0.310 e. The van der Waals surface area contributed by atoms with Gasteiger partial charge < -0.3 is 9.30 Å². The minimum atomic E-state index is -0.100. The highest BCUT2D eigenvalue weighted by atomic mass is 15.1. The van der Waals surface area contributed by atoms with Crippen LogP contribution in [0.1, 0.15) is 25.0 Å². The summed E-state index contributed by atoms with van der Waals surface area (Å²) in [5, 5.41) is 9.89. The first kappa shape index (κ1) is 30.0. The third-order valence-electron chi connectivity index (χ3n) is 11.7. The third kappa shape index (κ3) is 4.27. The van der Waals surface area contributed by atoms with Crippen LogP contribution < -0.4 is 4.90 Å². The molecule has 2 heterocycles. The normalized spacial score (nSPS) is 13.2. The summed E-state index contributed by atoms with van der Waals surface area (Å²) in [7, 11) is 0. The number of para-hydroxylation sites is 4. The Hall–Kier alpha value is -6.64. The van der Waals surface area contributed by atoms with Crippen LogP contribution in [0.4, 0.5) is 17.1 Å². The lowest BCUT2D eigenvalue weighted by atomic mass is 9.82. The van der Waals surface area contributed by atoms with Crippen LogP contribution in [0.3, 0.4) is 0 Å². The van der Waals surface area contributed by atoms with Crippen LogP contribution in [0.2, 0.25) is 0 Å². The molecular formula is C51H36N2. The minimum Gasteiger partial charge on any atom is -0.310 e. The van der Waals surface area contributed by atoms with Crippen LogP contribution >= 0.6 is 0 Å². The maximum atomic E-state index is 2.50. The molecule has 53 heavy (non-hydrogen) atoms. The molecule has 0 atom stereocenters. The molecule has 0 radical (unpaired) electrons. The summed E-state index contributed by atoms with van der Waals surface area (Å²) in [6, 6.07) is 67.4. The SMILES string of the molecule is CC1(C)c2ccccc2-c2ccc(N(c3ccccc3)c3ccc4c5ccccc5c5cccc6c7ccccc7n(c7ccccc7c4c3)c56)cc21. The van der Waals surface area contributed by atoms with Crippen LogP contribution in [0.15, 0.2) is 182 Å². The molecule has 1 aliphatic carbocycles. The number of anilines is 3. The van der Waals surface area contributed by atoms with E-state index in [0.717, 1.165) is 17.1 Å². The van der Waals surface area contributed by atoms with E-state index in [9.17, 15) is 0 Å². The second-order valence-corrected chi connectivity index (χ2v) is 14.9. The van der Waals surface area contributed by atoms with Gasteiger partial charge in [-0.25, -0.2) is 0 Å². The summed E-state index contributed by atoms with van der Waals surface area (Å²) in [5.74, 6) is 0. The number of nitrogens with zero attached hydrogens (tertiary/aromatic N) is 2. The van der Waals surface area contributed by atoms with E-state index in [2.05, 4.69) is 205 Å². The second-order valence-electron chi connectivity index (χ2n) is 14.9. The highest BCUT2D eigenvalue weighted by molar-refractivity contribution is 6.25. The number of hydrogen-bond acceptors (Lipinski definition) is 1. The van der Waals surface area contributed by atoms with Gasteiger partial charge in [-0.05, 0) is 92.3 Å². The van der Waals surface area contributed by atoms with E-state index < -0.39 is 0 Å². The second kappa shape index (κ2) is 11.2. The van der Waals surface area contributed by atoms with Gasteiger partial charge in [0.15, 0.2) is 0 Å². The average molecular weight is 677 g/mol. The van der Waals surface area contributed by atoms with Gasteiger partial charge in [0.2, 0.25) is 0 Å². The lowest BCUT2D eigenvalue weighted by molar-refractivity contribution is 0.660. The van der Waals surface area contributed by atoms with Crippen molar-refractivity contribution >= 4 is 76.7 Å². The van der Waals surface area contributed by atoms with E-state index >= 15 is 0 Å². The number of benzene rings is 8. The summed E-state index contributed by atoms with van der Waals surface area (Å²) in [6.45, 7) is 4.72. The summed E-state index contributed by atoms with van der Waals surface area (Å²) in [4.78, 5) is 2.43. The van der Waals surface area contributed by atoms with E-state index in [1.807, 2.05) is 0 Å². The smallest absolute Gasteiger partial charge is 0.0619 e. The van der Waals surface area contributed by atoms with Crippen molar-refractivity contribution < 1.29 is 0 Å². The zero-order valence-corrected chi connectivity index (χ0v) is 29.7. The Bertz CT molecular complexity index is 3150. The molecule has 2 nitrogen and oxygen atoms in total. The van der Waals surface area contributed by atoms with E-state index in [4.69, 9.17) is 0 Å².